The van der Waals surface area contributed by atoms with Crippen molar-refractivity contribution in [2.45, 2.75) is 20.0 Å². The lowest BCUT2D eigenvalue weighted by atomic mass is 10.1. The van der Waals surface area contributed by atoms with E-state index in [4.69, 9.17) is 4.74 Å². The minimum atomic E-state index is -0.330. The molecule has 0 fully saturated rings. The highest BCUT2D eigenvalue weighted by molar-refractivity contribution is 5.92. The quantitative estimate of drug-likeness (QED) is 0.862. The van der Waals surface area contributed by atoms with Crippen molar-refractivity contribution < 1.29 is 19.0 Å². The molecule has 0 radical (unpaired) electrons. The molecule has 0 bridgehead atoms. The fourth-order valence-corrected chi connectivity index (χ4v) is 2.07. The highest BCUT2D eigenvalue weighted by Crippen LogP contribution is 2.23. The van der Waals surface area contributed by atoms with Crippen molar-refractivity contribution in [2.75, 3.05) is 11.9 Å². The van der Waals surface area contributed by atoms with E-state index in [-0.39, 0.29) is 24.8 Å². The van der Waals surface area contributed by atoms with E-state index in [1.807, 2.05) is 6.92 Å². The molecule has 2 aromatic carbocycles. The van der Waals surface area contributed by atoms with Gasteiger partial charge in [-0.1, -0.05) is 12.1 Å². The molecule has 5 heteroatoms. The van der Waals surface area contributed by atoms with Crippen molar-refractivity contribution in [3.05, 3.63) is 59.4 Å². The van der Waals surface area contributed by atoms with Gasteiger partial charge in [0.2, 0.25) is 5.91 Å². The van der Waals surface area contributed by atoms with Crippen molar-refractivity contribution in [1.29, 1.82) is 0 Å². The van der Waals surface area contributed by atoms with E-state index in [0.717, 1.165) is 5.56 Å². The van der Waals surface area contributed by atoms with Crippen LogP contribution in [0.1, 0.15) is 18.1 Å². The number of benzene rings is 2. The van der Waals surface area contributed by atoms with Crippen molar-refractivity contribution in [3.63, 3.8) is 0 Å². The van der Waals surface area contributed by atoms with Gasteiger partial charge in [-0.05, 0) is 42.8 Å². The summed E-state index contributed by atoms with van der Waals surface area (Å²) in [6.07, 6.45) is 0.155. The number of halogens is 1. The molecule has 0 atom stereocenters. The molecule has 0 saturated carbocycles. The summed E-state index contributed by atoms with van der Waals surface area (Å²) in [7, 11) is 0. The molecule has 116 valence electrons. The molecule has 1 amide bonds. The number of ether oxygens (including phenoxy) is 1. The molecule has 0 aliphatic carbocycles. The van der Waals surface area contributed by atoms with Crippen LogP contribution in [0.2, 0.25) is 0 Å². The predicted molar refractivity (Wildman–Crippen MR) is 82.3 cm³/mol. The van der Waals surface area contributed by atoms with E-state index in [2.05, 4.69) is 5.32 Å². The third kappa shape index (κ3) is 4.30. The van der Waals surface area contributed by atoms with Gasteiger partial charge < -0.3 is 15.2 Å². The number of carbonyl (C=O) groups excluding carboxylic acids is 1. The molecule has 0 saturated heterocycles. The van der Waals surface area contributed by atoms with Crippen LogP contribution in [0.4, 0.5) is 10.1 Å². The van der Waals surface area contributed by atoms with Crippen LogP contribution in [0.5, 0.6) is 5.75 Å². The van der Waals surface area contributed by atoms with Crippen molar-refractivity contribution in [2.24, 2.45) is 0 Å². The van der Waals surface area contributed by atoms with Crippen LogP contribution < -0.4 is 10.1 Å². The Morgan fingerprint density at radius 3 is 2.59 bits per heavy atom. The molecule has 0 spiro atoms. The molecule has 0 aromatic heterocycles. The average Bonchev–Trinajstić information content (AvgIpc) is 2.51. The lowest BCUT2D eigenvalue weighted by molar-refractivity contribution is -0.115. The van der Waals surface area contributed by atoms with Crippen LogP contribution in [-0.4, -0.2) is 17.6 Å². The maximum Gasteiger partial charge on any atom is 0.228 e. The Morgan fingerprint density at radius 1 is 1.23 bits per heavy atom. The Morgan fingerprint density at radius 2 is 1.95 bits per heavy atom. The summed E-state index contributed by atoms with van der Waals surface area (Å²) >= 11 is 0. The summed E-state index contributed by atoms with van der Waals surface area (Å²) < 4.78 is 18.2. The Kier molecular flexibility index (Phi) is 5.49. The van der Waals surface area contributed by atoms with E-state index in [1.165, 1.54) is 12.1 Å². The number of nitrogens with one attached hydrogen (secondary N) is 1. The van der Waals surface area contributed by atoms with Gasteiger partial charge in [-0.15, -0.1) is 0 Å². The van der Waals surface area contributed by atoms with Crippen LogP contribution in [0.3, 0.4) is 0 Å². The van der Waals surface area contributed by atoms with Gasteiger partial charge in [-0.25, -0.2) is 4.39 Å². The summed E-state index contributed by atoms with van der Waals surface area (Å²) in [4.78, 5) is 12.0. The molecule has 0 heterocycles. The number of hydrogen-bond acceptors (Lipinski definition) is 3. The standard InChI is InChI=1S/C17H18FNO3/c1-2-22-16-8-7-15(10-13(16)11-20)19-17(21)9-12-3-5-14(18)6-4-12/h3-8,10,20H,2,9,11H2,1H3,(H,19,21). The molecule has 0 unspecified atom stereocenters. The second-order valence-corrected chi connectivity index (χ2v) is 4.77. The second kappa shape index (κ2) is 7.56. The first-order valence-corrected chi connectivity index (χ1v) is 7.03. The number of hydrogen-bond donors (Lipinski definition) is 2. The molecule has 0 aliphatic rings. The largest absolute Gasteiger partial charge is 0.494 e. The Balaban J connectivity index is 2.03. The van der Waals surface area contributed by atoms with Gasteiger partial charge in [0, 0.05) is 11.3 Å². The summed E-state index contributed by atoms with van der Waals surface area (Å²) in [5.41, 5.74) is 1.92. The van der Waals surface area contributed by atoms with E-state index in [0.29, 0.717) is 23.6 Å². The van der Waals surface area contributed by atoms with E-state index in [9.17, 15) is 14.3 Å². The number of anilines is 1. The van der Waals surface area contributed by atoms with Crippen LogP contribution in [-0.2, 0) is 17.8 Å². The molecule has 22 heavy (non-hydrogen) atoms. The summed E-state index contributed by atoms with van der Waals surface area (Å²) in [6, 6.07) is 10.9. The minimum Gasteiger partial charge on any atom is -0.494 e. The molecule has 2 aromatic rings. The van der Waals surface area contributed by atoms with Crippen LogP contribution in [0.25, 0.3) is 0 Å². The van der Waals surface area contributed by atoms with Crippen LogP contribution in [0, 0.1) is 5.82 Å². The Hall–Kier alpha value is -2.40. The zero-order valence-corrected chi connectivity index (χ0v) is 12.3. The number of aliphatic hydroxyl groups is 1. The normalized spacial score (nSPS) is 10.3. The van der Waals surface area contributed by atoms with Gasteiger partial charge in [-0.3, -0.25) is 4.79 Å². The molecule has 4 nitrogen and oxygen atoms in total. The second-order valence-electron chi connectivity index (χ2n) is 4.77. The van der Waals surface area contributed by atoms with Gasteiger partial charge in [0.25, 0.3) is 0 Å². The molecule has 2 N–H and O–H groups in total. The highest BCUT2D eigenvalue weighted by atomic mass is 19.1. The van der Waals surface area contributed by atoms with E-state index in [1.54, 1.807) is 30.3 Å². The first-order chi connectivity index (χ1) is 10.6. The predicted octanol–water partition coefficient (Wildman–Crippen LogP) is 2.90. The third-order valence-corrected chi connectivity index (χ3v) is 3.09. The zero-order valence-electron chi connectivity index (χ0n) is 12.3. The SMILES string of the molecule is CCOc1ccc(NC(=O)Cc2ccc(F)cc2)cc1CO. The first kappa shape index (κ1) is 16.0. The minimum absolute atomic E-state index is 0.155. The lowest BCUT2D eigenvalue weighted by Gasteiger charge is -2.11. The highest BCUT2D eigenvalue weighted by Gasteiger charge is 2.08. The van der Waals surface area contributed by atoms with Gasteiger partial charge in [0.05, 0.1) is 19.6 Å². The first-order valence-electron chi connectivity index (χ1n) is 7.03. The van der Waals surface area contributed by atoms with Gasteiger partial charge in [0.1, 0.15) is 11.6 Å². The third-order valence-electron chi connectivity index (χ3n) is 3.09. The van der Waals surface area contributed by atoms with E-state index < -0.39 is 0 Å². The maximum absolute atomic E-state index is 12.8. The van der Waals surface area contributed by atoms with Gasteiger partial charge in [-0.2, -0.15) is 0 Å². The maximum atomic E-state index is 12.8. The zero-order chi connectivity index (χ0) is 15.9. The van der Waals surface area contributed by atoms with Crippen molar-refractivity contribution in [1.82, 2.24) is 0 Å². The number of rotatable bonds is 6. The van der Waals surface area contributed by atoms with Gasteiger partial charge in [0.15, 0.2) is 0 Å². The molecular formula is C17H18FNO3. The average molecular weight is 303 g/mol. The summed E-state index contributed by atoms with van der Waals surface area (Å²) in [6.45, 7) is 2.19. The fraction of sp³-hybridized carbons (Fsp3) is 0.235. The Bertz CT molecular complexity index is 641. The summed E-state index contributed by atoms with van der Waals surface area (Å²) in [5.74, 6) is 0.0597. The fourth-order valence-electron chi connectivity index (χ4n) is 2.07. The van der Waals surface area contributed by atoms with Crippen molar-refractivity contribution >= 4 is 11.6 Å². The summed E-state index contributed by atoms with van der Waals surface area (Å²) in [5, 5.41) is 12.1. The number of aliphatic hydroxyl groups excluding tert-OH is 1. The van der Waals surface area contributed by atoms with Gasteiger partial charge >= 0.3 is 0 Å². The van der Waals surface area contributed by atoms with Crippen LogP contribution in [0.15, 0.2) is 42.5 Å². The van der Waals surface area contributed by atoms with Crippen LogP contribution >= 0.6 is 0 Å². The number of carbonyl (C=O) groups is 1. The van der Waals surface area contributed by atoms with Crippen molar-refractivity contribution in [3.8, 4) is 5.75 Å². The smallest absolute Gasteiger partial charge is 0.228 e. The number of amides is 1. The molecule has 0 aliphatic heterocycles. The molecular weight excluding hydrogens is 285 g/mol. The monoisotopic (exact) mass is 303 g/mol. The molecule has 2 rings (SSSR count). The Labute approximate surface area is 128 Å². The van der Waals surface area contributed by atoms with E-state index >= 15 is 0 Å². The topological polar surface area (TPSA) is 58.6 Å². The lowest BCUT2D eigenvalue weighted by Crippen LogP contribution is -2.14.